The summed E-state index contributed by atoms with van der Waals surface area (Å²) in [5, 5.41) is 10.6. The lowest BCUT2D eigenvalue weighted by atomic mass is 9.96. The van der Waals surface area contributed by atoms with Gasteiger partial charge in [0.2, 0.25) is 12.7 Å². The Morgan fingerprint density at radius 2 is 1.87 bits per heavy atom. The van der Waals surface area contributed by atoms with Crippen molar-refractivity contribution in [1.82, 2.24) is 14.9 Å². The fraction of sp³-hybridized carbons (Fsp3) is 0.545. The standard InChI is InChI=1S/C22H28N4O4/c1-2-18(16-3-4-19-20(11-16)30-15-29-19)25-6-8-26(9-7-25)21-23-12-17(13-24-21)22(27)5-10-28-14-22/h3-4,11-13,18,27H,2,5-10,14-15H2,1H3/t18-,22?/m0/s1. The van der Waals surface area contributed by atoms with Crippen molar-refractivity contribution in [3.63, 3.8) is 0 Å². The first kappa shape index (κ1) is 19.5. The van der Waals surface area contributed by atoms with Gasteiger partial charge in [-0.15, -0.1) is 0 Å². The molecule has 1 N–H and O–H groups in total. The average molecular weight is 412 g/mol. The van der Waals surface area contributed by atoms with E-state index < -0.39 is 5.60 Å². The molecule has 0 aliphatic carbocycles. The minimum absolute atomic E-state index is 0.303. The molecule has 4 heterocycles. The second-order valence-electron chi connectivity index (χ2n) is 8.17. The van der Waals surface area contributed by atoms with Crippen LogP contribution in [-0.2, 0) is 10.3 Å². The Kier molecular flexibility index (Phi) is 5.22. The van der Waals surface area contributed by atoms with Crippen LogP contribution in [0.5, 0.6) is 11.5 Å². The van der Waals surface area contributed by atoms with Crippen LogP contribution in [0, 0.1) is 0 Å². The molecular weight excluding hydrogens is 384 g/mol. The maximum atomic E-state index is 10.6. The highest BCUT2D eigenvalue weighted by Gasteiger charge is 2.35. The lowest BCUT2D eigenvalue weighted by Gasteiger charge is -2.39. The van der Waals surface area contributed by atoms with Gasteiger partial charge in [0.15, 0.2) is 11.5 Å². The predicted octanol–water partition coefficient (Wildman–Crippen LogP) is 2.09. The van der Waals surface area contributed by atoms with Gasteiger partial charge in [-0.2, -0.15) is 0 Å². The Balaban J connectivity index is 1.23. The van der Waals surface area contributed by atoms with Crippen LogP contribution in [0.4, 0.5) is 5.95 Å². The molecule has 1 aromatic carbocycles. The zero-order valence-corrected chi connectivity index (χ0v) is 17.3. The first-order valence-corrected chi connectivity index (χ1v) is 10.7. The number of benzene rings is 1. The molecule has 2 aromatic rings. The van der Waals surface area contributed by atoms with Crippen LogP contribution in [0.25, 0.3) is 0 Å². The molecular formula is C22H28N4O4. The minimum Gasteiger partial charge on any atom is -0.454 e. The summed E-state index contributed by atoms with van der Waals surface area (Å²) >= 11 is 0. The Bertz CT molecular complexity index is 877. The smallest absolute Gasteiger partial charge is 0.231 e. The number of nitrogens with zero attached hydrogens (tertiary/aromatic N) is 4. The van der Waals surface area contributed by atoms with E-state index in [4.69, 9.17) is 14.2 Å². The second-order valence-corrected chi connectivity index (χ2v) is 8.17. The summed E-state index contributed by atoms with van der Waals surface area (Å²) in [6.45, 7) is 7.03. The number of fused-ring (bicyclic) bond motifs is 1. The number of rotatable bonds is 5. The van der Waals surface area contributed by atoms with Gasteiger partial charge in [-0.25, -0.2) is 9.97 Å². The van der Waals surface area contributed by atoms with Gasteiger partial charge in [0.1, 0.15) is 5.60 Å². The van der Waals surface area contributed by atoms with Crippen molar-refractivity contribution < 1.29 is 19.3 Å². The van der Waals surface area contributed by atoms with Gasteiger partial charge in [-0.05, 0) is 24.1 Å². The van der Waals surface area contributed by atoms with E-state index in [0.29, 0.717) is 32.5 Å². The second kappa shape index (κ2) is 8.02. The van der Waals surface area contributed by atoms with Gasteiger partial charge >= 0.3 is 0 Å². The van der Waals surface area contributed by atoms with E-state index >= 15 is 0 Å². The van der Waals surface area contributed by atoms with Crippen LogP contribution < -0.4 is 14.4 Å². The van der Waals surface area contributed by atoms with Crippen LogP contribution in [0.15, 0.2) is 30.6 Å². The molecule has 1 unspecified atom stereocenters. The van der Waals surface area contributed by atoms with E-state index in [9.17, 15) is 5.11 Å². The van der Waals surface area contributed by atoms with Crippen LogP contribution in [0.2, 0.25) is 0 Å². The molecule has 0 radical (unpaired) electrons. The van der Waals surface area contributed by atoms with Crippen LogP contribution in [-0.4, -0.2) is 66.2 Å². The van der Waals surface area contributed by atoms with E-state index in [-0.39, 0.29) is 0 Å². The van der Waals surface area contributed by atoms with Gasteiger partial charge in [0, 0.05) is 63.2 Å². The fourth-order valence-corrected chi connectivity index (χ4v) is 4.57. The highest BCUT2D eigenvalue weighted by molar-refractivity contribution is 5.45. The maximum Gasteiger partial charge on any atom is 0.231 e. The van der Waals surface area contributed by atoms with Gasteiger partial charge in [-0.3, -0.25) is 4.90 Å². The monoisotopic (exact) mass is 412 g/mol. The summed E-state index contributed by atoms with van der Waals surface area (Å²) in [6.07, 6.45) is 5.10. The molecule has 30 heavy (non-hydrogen) atoms. The van der Waals surface area contributed by atoms with Crippen LogP contribution in [0.1, 0.15) is 36.9 Å². The van der Waals surface area contributed by atoms with Gasteiger partial charge in [0.05, 0.1) is 6.61 Å². The zero-order chi connectivity index (χ0) is 20.6. The molecule has 3 aliphatic heterocycles. The first-order valence-electron chi connectivity index (χ1n) is 10.7. The lowest BCUT2D eigenvalue weighted by molar-refractivity contribution is 0.0226. The largest absolute Gasteiger partial charge is 0.454 e. The van der Waals surface area contributed by atoms with Crippen molar-refractivity contribution in [2.45, 2.75) is 31.4 Å². The summed E-state index contributed by atoms with van der Waals surface area (Å²) < 4.78 is 16.3. The molecule has 1 aromatic heterocycles. The van der Waals surface area contributed by atoms with E-state index in [1.54, 1.807) is 12.4 Å². The summed E-state index contributed by atoms with van der Waals surface area (Å²) in [5.41, 5.74) is 1.05. The Labute approximate surface area is 176 Å². The van der Waals surface area contributed by atoms with Crippen molar-refractivity contribution in [3.8, 4) is 11.5 Å². The highest BCUT2D eigenvalue weighted by atomic mass is 16.7. The van der Waals surface area contributed by atoms with Crippen molar-refractivity contribution >= 4 is 5.95 Å². The van der Waals surface area contributed by atoms with E-state index in [2.05, 4.69) is 38.8 Å². The average Bonchev–Trinajstić information content (AvgIpc) is 3.44. The number of hydrogen-bond donors (Lipinski definition) is 1. The molecule has 0 bridgehead atoms. The quantitative estimate of drug-likeness (QED) is 0.800. The lowest BCUT2D eigenvalue weighted by Crippen LogP contribution is -2.48. The molecule has 0 saturated carbocycles. The molecule has 2 saturated heterocycles. The number of anilines is 1. The molecule has 5 rings (SSSR count). The third kappa shape index (κ3) is 3.59. The zero-order valence-electron chi connectivity index (χ0n) is 17.3. The molecule has 0 amide bonds. The topological polar surface area (TPSA) is 80.2 Å². The fourth-order valence-electron chi connectivity index (χ4n) is 4.57. The number of aliphatic hydroxyl groups is 1. The normalized spacial score (nSPS) is 24.9. The summed E-state index contributed by atoms with van der Waals surface area (Å²) in [6, 6.07) is 6.62. The molecule has 0 spiro atoms. The van der Waals surface area contributed by atoms with Crippen molar-refractivity contribution in [2.24, 2.45) is 0 Å². The molecule has 2 atom stereocenters. The van der Waals surface area contributed by atoms with Crippen molar-refractivity contribution in [3.05, 3.63) is 41.7 Å². The van der Waals surface area contributed by atoms with Crippen LogP contribution in [0.3, 0.4) is 0 Å². The summed E-state index contributed by atoms with van der Waals surface area (Å²) in [4.78, 5) is 13.8. The highest BCUT2D eigenvalue weighted by Crippen LogP contribution is 2.37. The number of aromatic nitrogens is 2. The Morgan fingerprint density at radius 1 is 1.10 bits per heavy atom. The predicted molar refractivity (Wildman–Crippen MR) is 111 cm³/mol. The van der Waals surface area contributed by atoms with Crippen molar-refractivity contribution in [1.29, 1.82) is 0 Å². The van der Waals surface area contributed by atoms with Gasteiger partial charge in [-0.1, -0.05) is 13.0 Å². The Morgan fingerprint density at radius 3 is 2.57 bits per heavy atom. The molecule has 2 fully saturated rings. The van der Waals surface area contributed by atoms with E-state index in [1.165, 1.54) is 5.56 Å². The molecule has 3 aliphatic rings. The van der Waals surface area contributed by atoms with E-state index in [1.807, 2.05) is 6.07 Å². The number of ether oxygens (including phenoxy) is 3. The molecule has 8 nitrogen and oxygen atoms in total. The van der Waals surface area contributed by atoms with Gasteiger partial charge < -0.3 is 24.2 Å². The third-order valence-corrected chi connectivity index (χ3v) is 6.38. The van der Waals surface area contributed by atoms with Crippen LogP contribution >= 0.6 is 0 Å². The maximum absolute atomic E-state index is 10.6. The summed E-state index contributed by atoms with van der Waals surface area (Å²) in [5.74, 6) is 2.39. The first-order chi connectivity index (χ1) is 14.7. The Hall–Kier alpha value is -2.42. The SMILES string of the molecule is CC[C@@H](c1ccc2c(c1)OCO2)N1CCN(c2ncc(C3(O)CCOC3)cn2)CC1. The number of hydrogen-bond acceptors (Lipinski definition) is 8. The third-order valence-electron chi connectivity index (χ3n) is 6.38. The number of piperazine rings is 1. The molecule has 160 valence electrons. The minimum atomic E-state index is -0.948. The van der Waals surface area contributed by atoms with E-state index in [0.717, 1.165) is 55.6 Å². The van der Waals surface area contributed by atoms with Crippen molar-refractivity contribution in [2.75, 3.05) is 51.1 Å². The molecule has 8 heteroatoms. The summed E-state index contributed by atoms with van der Waals surface area (Å²) in [7, 11) is 0. The van der Waals surface area contributed by atoms with Gasteiger partial charge in [0.25, 0.3) is 0 Å².